The fraction of sp³-hybridized carbons (Fsp3) is 0.136. The molecule has 4 aromatic rings. The first kappa shape index (κ1) is 17.7. The second-order valence-corrected chi connectivity index (χ2v) is 6.31. The van der Waals surface area contributed by atoms with E-state index in [1.165, 1.54) is 4.40 Å². The van der Waals surface area contributed by atoms with Crippen LogP contribution in [0.1, 0.15) is 22.8 Å². The predicted molar refractivity (Wildman–Crippen MR) is 108 cm³/mol. The van der Waals surface area contributed by atoms with Gasteiger partial charge in [-0.15, -0.1) is 0 Å². The molecule has 0 aliphatic carbocycles. The van der Waals surface area contributed by atoms with Crippen LogP contribution in [0.25, 0.3) is 16.6 Å². The van der Waals surface area contributed by atoms with Crippen LogP contribution in [0.15, 0.2) is 71.7 Å². The Morgan fingerprint density at radius 1 is 1.07 bits per heavy atom. The van der Waals surface area contributed by atoms with Crippen LogP contribution in [0, 0.1) is 0 Å². The second kappa shape index (κ2) is 7.52. The number of nitrogens with zero attached hydrogens (tertiary/aromatic N) is 2. The van der Waals surface area contributed by atoms with Crippen molar-refractivity contribution < 1.29 is 9.53 Å². The van der Waals surface area contributed by atoms with Crippen LogP contribution in [0.2, 0.25) is 0 Å². The quantitative estimate of drug-likeness (QED) is 0.546. The molecule has 140 valence electrons. The molecular weight excluding hydrogens is 354 g/mol. The normalized spacial score (nSPS) is 10.9. The molecule has 0 aliphatic rings. The van der Waals surface area contributed by atoms with E-state index in [1.807, 2.05) is 37.3 Å². The van der Waals surface area contributed by atoms with Gasteiger partial charge < -0.3 is 10.1 Å². The van der Waals surface area contributed by atoms with Crippen molar-refractivity contribution in [2.75, 3.05) is 6.61 Å². The maximum absolute atomic E-state index is 12.8. The monoisotopic (exact) mass is 373 g/mol. The van der Waals surface area contributed by atoms with Gasteiger partial charge >= 0.3 is 0 Å². The van der Waals surface area contributed by atoms with E-state index in [4.69, 9.17) is 4.74 Å². The van der Waals surface area contributed by atoms with Gasteiger partial charge in [0, 0.05) is 12.7 Å². The van der Waals surface area contributed by atoms with Crippen molar-refractivity contribution in [3.8, 4) is 5.75 Å². The molecule has 6 nitrogen and oxygen atoms in total. The fourth-order valence-corrected chi connectivity index (χ4v) is 3.10. The third kappa shape index (κ3) is 3.32. The number of pyridine rings is 1. The summed E-state index contributed by atoms with van der Waals surface area (Å²) in [5.74, 6) is 0.510. The Hall–Kier alpha value is -3.67. The molecule has 1 N–H and O–H groups in total. The summed E-state index contributed by atoms with van der Waals surface area (Å²) >= 11 is 0. The van der Waals surface area contributed by atoms with E-state index in [9.17, 15) is 9.59 Å². The van der Waals surface area contributed by atoms with Crippen LogP contribution < -0.4 is 15.6 Å². The number of hydrogen-bond acceptors (Lipinski definition) is 4. The second-order valence-electron chi connectivity index (χ2n) is 6.31. The summed E-state index contributed by atoms with van der Waals surface area (Å²) in [6.07, 6.45) is 1.63. The number of para-hydroxylation sites is 1. The molecule has 4 rings (SSSR count). The zero-order chi connectivity index (χ0) is 19.5. The molecule has 2 heterocycles. The average molecular weight is 373 g/mol. The van der Waals surface area contributed by atoms with E-state index in [-0.39, 0.29) is 11.5 Å². The third-order valence-corrected chi connectivity index (χ3v) is 4.48. The molecule has 0 bridgehead atoms. The minimum absolute atomic E-state index is 0.193. The summed E-state index contributed by atoms with van der Waals surface area (Å²) in [6, 6.07) is 18.0. The molecule has 1 amide bonds. The summed E-state index contributed by atoms with van der Waals surface area (Å²) in [7, 11) is 0. The van der Waals surface area contributed by atoms with E-state index < -0.39 is 0 Å². The molecule has 0 unspecified atom stereocenters. The first-order chi connectivity index (χ1) is 13.7. The lowest BCUT2D eigenvalue weighted by molar-refractivity contribution is 0.0952. The van der Waals surface area contributed by atoms with Crippen molar-refractivity contribution in [1.29, 1.82) is 0 Å². The SMILES string of the molecule is CCOc1ccc(CNC(=O)c2cccn3c(=O)c4ccccc4nc23)cc1. The number of aromatic nitrogens is 2. The van der Waals surface area contributed by atoms with E-state index in [1.54, 1.807) is 36.5 Å². The zero-order valence-electron chi connectivity index (χ0n) is 15.4. The van der Waals surface area contributed by atoms with Crippen molar-refractivity contribution in [3.05, 3.63) is 88.3 Å². The van der Waals surface area contributed by atoms with E-state index in [2.05, 4.69) is 10.3 Å². The highest BCUT2D eigenvalue weighted by atomic mass is 16.5. The Morgan fingerprint density at radius 3 is 2.64 bits per heavy atom. The maximum Gasteiger partial charge on any atom is 0.265 e. The molecule has 2 aromatic heterocycles. The highest BCUT2D eigenvalue weighted by Crippen LogP contribution is 2.14. The average Bonchev–Trinajstić information content (AvgIpc) is 2.73. The summed E-state index contributed by atoms with van der Waals surface area (Å²) in [4.78, 5) is 30.0. The molecule has 2 aromatic carbocycles. The minimum atomic E-state index is -0.283. The van der Waals surface area contributed by atoms with Crippen molar-refractivity contribution in [1.82, 2.24) is 14.7 Å². The van der Waals surface area contributed by atoms with Gasteiger partial charge in [-0.2, -0.15) is 0 Å². The number of nitrogens with one attached hydrogen (secondary N) is 1. The minimum Gasteiger partial charge on any atom is -0.494 e. The van der Waals surface area contributed by atoms with Gasteiger partial charge in [0.2, 0.25) is 0 Å². The molecule has 0 atom stereocenters. The Kier molecular flexibility index (Phi) is 4.76. The fourth-order valence-electron chi connectivity index (χ4n) is 3.10. The van der Waals surface area contributed by atoms with E-state index in [0.717, 1.165) is 11.3 Å². The molecule has 0 radical (unpaired) electrons. The Morgan fingerprint density at radius 2 is 1.86 bits per heavy atom. The first-order valence-corrected chi connectivity index (χ1v) is 9.07. The lowest BCUT2D eigenvalue weighted by Gasteiger charge is -2.10. The van der Waals surface area contributed by atoms with Gasteiger partial charge in [0.25, 0.3) is 11.5 Å². The highest BCUT2D eigenvalue weighted by Gasteiger charge is 2.14. The maximum atomic E-state index is 12.8. The highest BCUT2D eigenvalue weighted by molar-refractivity contribution is 6.00. The lowest BCUT2D eigenvalue weighted by atomic mass is 10.2. The summed E-state index contributed by atoms with van der Waals surface area (Å²) in [5, 5.41) is 3.41. The molecule has 0 fully saturated rings. The largest absolute Gasteiger partial charge is 0.494 e. The zero-order valence-corrected chi connectivity index (χ0v) is 15.4. The Balaban J connectivity index is 1.63. The van der Waals surface area contributed by atoms with Crippen molar-refractivity contribution in [2.24, 2.45) is 0 Å². The Bertz CT molecular complexity index is 1210. The van der Waals surface area contributed by atoms with Crippen molar-refractivity contribution in [3.63, 3.8) is 0 Å². The van der Waals surface area contributed by atoms with Crippen molar-refractivity contribution in [2.45, 2.75) is 13.5 Å². The summed E-state index contributed by atoms with van der Waals surface area (Å²) in [6.45, 7) is 2.91. The van der Waals surface area contributed by atoms with Crippen LogP contribution >= 0.6 is 0 Å². The van der Waals surface area contributed by atoms with Gasteiger partial charge in [0.05, 0.1) is 23.1 Å². The molecule has 6 heteroatoms. The number of carbonyl (C=O) groups excluding carboxylic acids is 1. The van der Waals surface area contributed by atoms with Gasteiger partial charge in [-0.05, 0) is 48.9 Å². The first-order valence-electron chi connectivity index (χ1n) is 9.07. The standard InChI is InChI=1S/C22H19N3O3/c1-2-28-16-11-9-15(10-12-16)14-23-21(26)18-7-5-13-25-20(18)24-19-8-4-3-6-17(19)22(25)27/h3-13H,2,14H2,1H3,(H,23,26). The molecule has 0 saturated heterocycles. The predicted octanol–water partition coefficient (Wildman–Crippen LogP) is 3.18. The van der Waals surface area contributed by atoms with Gasteiger partial charge in [-0.3, -0.25) is 14.0 Å². The smallest absolute Gasteiger partial charge is 0.265 e. The number of amides is 1. The van der Waals surface area contributed by atoms with Gasteiger partial charge in [0.15, 0.2) is 5.65 Å². The number of hydrogen-bond donors (Lipinski definition) is 1. The number of rotatable bonds is 5. The van der Waals surface area contributed by atoms with Crippen LogP contribution in [-0.4, -0.2) is 21.9 Å². The van der Waals surface area contributed by atoms with Gasteiger partial charge in [0.1, 0.15) is 5.75 Å². The molecule has 0 spiro atoms. The van der Waals surface area contributed by atoms with Crippen molar-refractivity contribution >= 4 is 22.5 Å². The lowest BCUT2D eigenvalue weighted by Crippen LogP contribution is -2.25. The third-order valence-electron chi connectivity index (χ3n) is 4.48. The number of ether oxygens (including phenoxy) is 1. The van der Waals surface area contributed by atoms with Crippen LogP contribution in [0.5, 0.6) is 5.75 Å². The Labute approximate surface area is 161 Å². The number of carbonyl (C=O) groups is 1. The molecule has 0 aliphatic heterocycles. The number of benzene rings is 2. The van der Waals surface area contributed by atoms with Crippen LogP contribution in [0.3, 0.4) is 0 Å². The molecular formula is C22H19N3O3. The van der Waals surface area contributed by atoms with E-state index in [0.29, 0.717) is 35.3 Å². The summed E-state index contributed by atoms with van der Waals surface area (Å²) in [5.41, 5.74) is 2.03. The summed E-state index contributed by atoms with van der Waals surface area (Å²) < 4.78 is 6.83. The topological polar surface area (TPSA) is 72.7 Å². The van der Waals surface area contributed by atoms with Crippen LogP contribution in [0.4, 0.5) is 0 Å². The van der Waals surface area contributed by atoms with Crippen LogP contribution in [-0.2, 0) is 6.54 Å². The van der Waals surface area contributed by atoms with E-state index >= 15 is 0 Å². The van der Waals surface area contributed by atoms with Gasteiger partial charge in [-0.25, -0.2) is 4.98 Å². The number of fused-ring (bicyclic) bond motifs is 2. The molecule has 0 saturated carbocycles. The van der Waals surface area contributed by atoms with Gasteiger partial charge in [-0.1, -0.05) is 24.3 Å². The molecule has 28 heavy (non-hydrogen) atoms.